The molecular weight excluding hydrogens is 501 g/mol. The van der Waals surface area contributed by atoms with Gasteiger partial charge in [-0.15, -0.1) is 0 Å². The third-order valence-electron chi connectivity index (χ3n) is 6.75. The monoisotopic (exact) mass is 531 g/mol. The van der Waals surface area contributed by atoms with Gasteiger partial charge in [-0.3, -0.25) is 9.62 Å². The molecule has 0 radical (unpaired) electrons. The second kappa shape index (κ2) is 11.0. The summed E-state index contributed by atoms with van der Waals surface area (Å²) in [6.45, 7) is 6.48. The largest absolute Gasteiger partial charge is 0.463 e. The molecule has 0 amide bonds. The highest BCUT2D eigenvalue weighted by Crippen LogP contribution is 2.39. The average Bonchev–Trinajstić information content (AvgIpc) is 3.34. The molecule has 4 aromatic rings. The van der Waals surface area contributed by atoms with E-state index >= 15 is 4.39 Å². The van der Waals surface area contributed by atoms with Crippen molar-refractivity contribution >= 4 is 34.7 Å². The summed E-state index contributed by atoms with van der Waals surface area (Å²) in [7, 11) is 0. The van der Waals surface area contributed by atoms with Gasteiger partial charge in [-0.1, -0.05) is 30.3 Å². The number of nitrogens with zero attached hydrogens (tertiary/aromatic N) is 3. The molecule has 7 nitrogen and oxygen atoms in total. The Hall–Kier alpha value is -3.66. The summed E-state index contributed by atoms with van der Waals surface area (Å²) < 4.78 is 23.6. The number of nitrogens with two attached hydrogens (primary N) is 1. The van der Waals surface area contributed by atoms with Crippen LogP contribution in [0.3, 0.4) is 0 Å². The molecule has 4 N–H and O–H groups in total. The van der Waals surface area contributed by atoms with Crippen molar-refractivity contribution < 1.29 is 13.9 Å². The number of aliphatic hydroxyl groups is 1. The molecular formula is C29H30FN5O2S. The van der Waals surface area contributed by atoms with Gasteiger partial charge in [-0.2, -0.15) is 0 Å². The number of fused-ring (bicyclic) bond motifs is 3. The number of hydrogen-bond donors (Lipinski definition) is 3. The maximum atomic E-state index is 15.2. The fraction of sp³-hybridized carbons (Fsp3) is 0.241. The average molecular weight is 532 g/mol. The van der Waals surface area contributed by atoms with Crippen molar-refractivity contribution in [3.05, 3.63) is 100 Å². The number of aliphatic hydroxyl groups excluding tert-OH is 1. The van der Waals surface area contributed by atoms with Gasteiger partial charge in [-0.25, -0.2) is 14.4 Å². The number of furan rings is 1. The first-order chi connectivity index (χ1) is 18.4. The minimum atomic E-state index is -0.456. The van der Waals surface area contributed by atoms with Crippen molar-refractivity contribution in [2.24, 2.45) is 10.7 Å². The van der Waals surface area contributed by atoms with E-state index in [0.29, 0.717) is 17.6 Å². The lowest BCUT2D eigenvalue weighted by Gasteiger charge is -2.34. The Morgan fingerprint density at radius 1 is 1.11 bits per heavy atom. The number of benzene rings is 2. The number of aliphatic imine (C=N–C) groups is 1. The van der Waals surface area contributed by atoms with Crippen LogP contribution in [0.25, 0.3) is 16.8 Å². The van der Waals surface area contributed by atoms with E-state index in [1.54, 1.807) is 6.07 Å². The van der Waals surface area contributed by atoms with Gasteiger partial charge in [0, 0.05) is 35.7 Å². The first-order valence-electron chi connectivity index (χ1n) is 12.4. The van der Waals surface area contributed by atoms with Crippen LogP contribution in [0.15, 0.2) is 80.7 Å². The predicted molar refractivity (Wildman–Crippen MR) is 150 cm³/mol. The number of aryl methyl sites for hydroxylation is 2. The molecule has 5 rings (SSSR count). The van der Waals surface area contributed by atoms with Crippen LogP contribution >= 0.6 is 11.9 Å². The molecule has 1 atom stereocenters. The van der Waals surface area contributed by atoms with E-state index in [2.05, 4.69) is 41.8 Å². The fourth-order valence-corrected chi connectivity index (χ4v) is 5.65. The van der Waals surface area contributed by atoms with Crippen molar-refractivity contribution in [2.75, 3.05) is 13.2 Å². The molecule has 1 aliphatic rings. The number of guanidine groups is 1. The molecule has 38 heavy (non-hydrogen) atoms. The summed E-state index contributed by atoms with van der Waals surface area (Å²) in [6.07, 6.45) is 1.50. The van der Waals surface area contributed by atoms with Crippen molar-refractivity contribution in [3.8, 4) is 0 Å². The van der Waals surface area contributed by atoms with Gasteiger partial charge >= 0.3 is 0 Å². The zero-order valence-electron chi connectivity index (χ0n) is 21.5. The number of rotatable bonds is 6. The zero-order chi connectivity index (χ0) is 26.8. The molecule has 2 bridgehead atoms. The van der Waals surface area contributed by atoms with Crippen LogP contribution in [-0.4, -0.2) is 34.1 Å². The Morgan fingerprint density at radius 2 is 1.87 bits per heavy atom. The quantitative estimate of drug-likeness (QED) is 0.284. The summed E-state index contributed by atoms with van der Waals surface area (Å²) in [6, 6.07) is 17.0. The van der Waals surface area contributed by atoms with Gasteiger partial charge in [0.05, 0.1) is 30.3 Å². The molecule has 2 aromatic heterocycles. The van der Waals surface area contributed by atoms with Gasteiger partial charge in [0.1, 0.15) is 11.3 Å². The maximum Gasteiger partial charge on any atom is 0.204 e. The summed E-state index contributed by atoms with van der Waals surface area (Å²) in [5.41, 5.74) is 13.4. The van der Waals surface area contributed by atoms with Gasteiger partial charge < -0.3 is 15.3 Å². The van der Waals surface area contributed by atoms with E-state index in [0.717, 1.165) is 38.4 Å². The highest BCUT2D eigenvalue weighted by atomic mass is 32.2. The molecule has 2 aromatic carbocycles. The molecule has 1 aliphatic heterocycles. The minimum Gasteiger partial charge on any atom is -0.463 e. The summed E-state index contributed by atoms with van der Waals surface area (Å²) >= 11 is 1.38. The third-order valence-corrected chi connectivity index (χ3v) is 7.55. The van der Waals surface area contributed by atoms with Gasteiger partial charge in [0.25, 0.3) is 0 Å². The van der Waals surface area contributed by atoms with Crippen LogP contribution in [0.4, 0.5) is 4.39 Å². The van der Waals surface area contributed by atoms with E-state index in [4.69, 9.17) is 15.1 Å². The molecule has 0 aliphatic carbocycles. The number of aromatic nitrogens is 1. The van der Waals surface area contributed by atoms with Crippen LogP contribution in [-0.2, 0) is 6.54 Å². The second-order valence-corrected chi connectivity index (χ2v) is 10.3. The first kappa shape index (κ1) is 26.0. The number of nitrogens with one attached hydrogen (secondary N) is 1. The van der Waals surface area contributed by atoms with Crippen LogP contribution in [0.5, 0.6) is 0 Å². The Morgan fingerprint density at radius 3 is 2.63 bits per heavy atom. The van der Waals surface area contributed by atoms with Gasteiger partial charge in [0.15, 0.2) is 5.58 Å². The highest BCUT2D eigenvalue weighted by Gasteiger charge is 2.28. The minimum absolute atomic E-state index is 0.112. The van der Waals surface area contributed by atoms with Crippen molar-refractivity contribution in [3.63, 3.8) is 0 Å². The molecule has 196 valence electrons. The van der Waals surface area contributed by atoms with Crippen molar-refractivity contribution in [1.29, 1.82) is 0 Å². The van der Waals surface area contributed by atoms with Crippen LogP contribution in [0.1, 0.15) is 40.9 Å². The molecule has 3 heterocycles. The highest BCUT2D eigenvalue weighted by molar-refractivity contribution is 7.98. The van der Waals surface area contributed by atoms with Crippen LogP contribution in [0, 0.1) is 19.7 Å². The predicted octanol–water partition coefficient (Wildman–Crippen LogP) is 5.48. The van der Waals surface area contributed by atoms with Gasteiger partial charge in [0.2, 0.25) is 5.96 Å². The van der Waals surface area contributed by atoms with Crippen molar-refractivity contribution in [1.82, 2.24) is 14.6 Å². The standard InChI is InChI=1S/C29H30FN5O2S/c1-17-6-4-7-18(2)26(17)27-19(3)28(20-8-5-9-21(14-20)38-34-29(31)33-27)35(11-12-36)16-24-22(30)15-25-23(32-24)10-13-37-25/h4-10,13-15,28,36H,11-12,16H2,1-3H3,(H3,31,33,34)/b27-19-. The summed E-state index contributed by atoms with van der Waals surface area (Å²) in [4.78, 5) is 12.4. The third kappa shape index (κ3) is 5.18. The lowest BCUT2D eigenvalue weighted by Crippen LogP contribution is -2.33. The number of halogens is 1. The Bertz CT molecular complexity index is 1530. The first-order valence-corrected chi connectivity index (χ1v) is 13.2. The van der Waals surface area contributed by atoms with Crippen molar-refractivity contribution in [2.45, 2.75) is 38.3 Å². The van der Waals surface area contributed by atoms with E-state index in [1.807, 2.05) is 36.1 Å². The topological polar surface area (TPSA) is 99.9 Å². The van der Waals surface area contributed by atoms with Crippen LogP contribution in [0.2, 0.25) is 0 Å². The van der Waals surface area contributed by atoms with Crippen LogP contribution < -0.4 is 10.5 Å². The Balaban J connectivity index is 1.72. The summed E-state index contributed by atoms with van der Waals surface area (Å²) in [5, 5.41) is 10.1. The molecule has 0 saturated heterocycles. The molecule has 0 saturated carbocycles. The van der Waals surface area contributed by atoms with E-state index in [9.17, 15) is 5.11 Å². The Labute approximate surface area is 225 Å². The molecule has 0 fully saturated rings. The summed E-state index contributed by atoms with van der Waals surface area (Å²) in [5.74, 6) is -0.174. The molecule has 9 heteroatoms. The fourth-order valence-electron chi connectivity index (χ4n) is 5.04. The normalized spacial score (nSPS) is 19.3. The lowest BCUT2D eigenvalue weighted by atomic mass is 9.91. The smallest absolute Gasteiger partial charge is 0.204 e. The number of pyridine rings is 1. The molecule has 1 unspecified atom stereocenters. The Kier molecular flexibility index (Phi) is 7.51. The second-order valence-electron chi connectivity index (χ2n) is 9.39. The van der Waals surface area contributed by atoms with E-state index in [-0.39, 0.29) is 30.8 Å². The number of hydrogen-bond acceptors (Lipinski definition) is 8. The van der Waals surface area contributed by atoms with Gasteiger partial charge in [-0.05, 0) is 67.1 Å². The lowest BCUT2D eigenvalue weighted by molar-refractivity contribution is 0.156. The van der Waals surface area contributed by atoms with E-state index in [1.165, 1.54) is 24.3 Å². The SMILES string of the molecule is C/C1=C(c2c(C)cccc2C)/N=C(\N)NSc2cccc(c2)C1N(CCO)Cc1nc2ccoc2cc1F. The maximum absolute atomic E-state index is 15.2. The van der Waals surface area contributed by atoms with E-state index < -0.39 is 5.82 Å². The zero-order valence-corrected chi connectivity index (χ0v) is 22.3. The molecule has 0 spiro atoms.